The van der Waals surface area contributed by atoms with Gasteiger partial charge in [-0.3, -0.25) is 10.8 Å². The molecule has 5 heteroatoms. The fraction of sp³-hybridized carbons (Fsp3) is 0.250. The Morgan fingerprint density at radius 3 is 1.92 bits per heavy atom. The molecule has 1 nitrogen and oxygen atoms in total. The van der Waals surface area contributed by atoms with E-state index in [-0.39, 0.29) is 70.9 Å². The van der Waals surface area contributed by atoms with Gasteiger partial charge in [0.15, 0.2) is 0 Å². The molecular weight excluding hydrogens is 354 g/mol. The molecule has 0 bridgehead atoms. The maximum Gasteiger partial charge on any atom is 0 e. The summed E-state index contributed by atoms with van der Waals surface area (Å²) in [6, 6.07) is 8.37. The number of benzene rings is 1. The Morgan fingerprint density at radius 2 is 1.62 bits per heavy atom. The molecule has 0 atom stereocenters. The monoisotopic (exact) mass is 365 g/mol. The third-order valence-corrected chi connectivity index (χ3v) is 2.47. The van der Waals surface area contributed by atoms with Crippen molar-refractivity contribution in [2.45, 2.75) is 18.2 Å². The molecule has 2 radical (unpaired) electrons. The Bertz CT molecular complexity index is 181. The van der Waals surface area contributed by atoms with Crippen molar-refractivity contribution < 1.29 is 70.9 Å². The van der Waals surface area contributed by atoms with Crippen molar-refractivity contribution >= 4 is 22.5 Å². The molecule has 0 heterocycles. The van der Waals surface area contributed by atoms with Crippen LogP contribution >= 0.6 is 10.8 Å². The smallest absolute Gasteiger partial charge is 0 e. The summed E-state index contributed by atoms with van der Waals surface area (Å²) in [7, 11) is 1.37. The molecule has 0 aliphatic heterocycles. The van der Waals surface area contributed by atoms with Gasteiger partial charge in [-0.05, 0) is 16.9 Å². The zero-order valence-corrected chi connectivity index (χ0v) is 14.8. The van der Waals surface area contributed by atoms with E-state index in [4.69, 9.17) is 11.7 Å². The molecule has 0 fully saturated rings. The van der Waals surface area contributed by atoms with E-state index in [1.54, 1.807) is 0 Å². The first-order valence-electron chi connectivity index (χ1n) is 3.25. The average Bonchev–Trinajstić information content (AvgIpc) is 2.05. The van der Waals surface area contributed by atoms with Gasteiger partial charge in [0.1, 0.15) is 0 Å². The second kappa shape index (κ2) is 12.2. The van der Waals surface area contributed by atoms with Crippen molar-refractivity contribution in [1.82, 2.24) is 0 Å². The summed E-state index contributed by atoms with van der Waals surface area (Å²) in [6.45, 7) is 2.15. The molecule has 0 amide bonds. The number of rotatable bonds is 2. The first kappa shape index (κ1) is 20.5. The summed E-state index contributed by atoms with van der Waals surface area (Å²) in [6.07, 6.45) is 1.10. The van der Waals surface area contributed by atoms with Gasteiger partial charge in [-0.1, -0.05) is 31.2 Å². The van der Waals surface area contributed by atoms with Gasteiger partial charge in [0.05, 0.1) is 0 Å². The van der Waals surface area contributed by atoms with Crippen LogP contribution in [0.25, 0.3) is 0 Å². The Hall–Kier alpha value is 2.09. The third kappa shape index (κ3) is 7.95. The standard InChI is InChI=1S/C8H10S2.H2O.2Y/c1-2-7-3-5-8(10-9)6-4-7;;;/h3-6,9H,2H2,1H3;1H2;;/p-1. The molecule has 68 valence electrons. The molecule has 13 heavy (non-hydrogen) atoms. The summed E-state index contributed by atoms with van der Waals surface area (Å²) in [5.74, 6) is 0. The van der Waals surface area contributed by atoms with E-state index in [0.717, 1.165) is 11.3 Å². The second-order valence-corrected chi connectivity index (χ2v) is 3.22. The zero-order valence-electron chi connectivity index (χ0n) is 7.49. The largest absolute Gasteiger partial charge is 0.714 e. The predicted octanol–water partition coefficient (Wildman–Crippen LogP) is 1.97. The van der Waals surface area contributed by atoms with E-state index in [1.807, 2.05) is 0 Å². The summed E-state index contributed by atoms with van der Waals surface area (Å²) in [5.41, 5.74) is 1.37. The first-order chi connectivity index (χ1) is 4.86. The molecule has 1 rings (SSSR count). The Morgan fingerprint density at radius 1 is 1.15 bits per heavy atom. The van der Waals surface area contributed by atoms with Crippen molar-refractivity contribution in [1.29, 1.82) is 0 Å². The summed E-state index contributed by atoms with van der Waals surface area (Å²) in [5, 5.41) is 0. The minimum absolute atomic E-state index is 0. The Kier molecular flexibility index (Phi) is 19.2. The normalized spacial score (nSPS) is 7.54. The van der Waals surface area contributed by atoms with Gasteiger partial charge in [-0.25, -0.2) is 0 Å². The van der Waals surface area contributed by atoms with Crippen molar-refractivity contribution in [3.8, 4) is 0 Å². The maximum absolute atomic E-state index is 4.81. The summed E-state index contributed by atoms with van der Waals surface area (Å²) >= 11 is 4.81. The zero-order chi connectivity index (χ0) is 7.40. The van der Waals surface area contributed by atoms with Crippen LogP contribution in [0, 0.1) is 0 Å². The van der Waals surface area contributed by atoms with E-state index in [9.17, 15) is 0 Å². The molecule has 1 aromatic rings. The van der Waals surface area contributed by atoms with E-state index in [2.05, 4.69) is 31.2 Å². The van der Waals surface area contributed by atoms with Crippen molar-refractivity contribution in [3.63, 3.8) is 0 Å². The minimum Gasteiger partial charge on any atom is -0.714 e. The van der Waals surface area contributed by atoms with E-state index in [0.29, 0.717) is 0 Å². The Balaban J connectivity index is -0.000000333. The fourth-order valence-electron chi connectivity index (χ4n) is 0.781. The van der Waals surface area contributed by atoms with Gasteiger partial charge in [-0.2, -0.15) is 0 Å². The number of hydrogen-bond donors (Lipinski definition) is 0. The molecule has 0 unspecified atom stereocenters. The molecule has 2 N–H and O–H groups in total. The SMILES string of the molecule is CCc1ccc(S[S-])cc1.O.[Y].[Y]. The van der Waals surface area contributed by atoms with Crippen LogP contribution in [0.15, 0.2) is 29.2 Å². The molecule has 0 spiro atoms. The minimum atomic E-state index is 0. The first-order valence-corrected chi connectivity index (χ1v) is 4.99. The average molecular weight is 365 g/mol. The van der Waals surface area contributed by atoms with Crippen LogP contribution in [0.3, 0.4) is 0 Å². The summed E-state index contributed by atoms with van der Waals surface area (Å²) < 4.78 is 0. The van der Waals surface area contributed by atoms with Crippen molar-refractivity contribution in [2.24, 2.45) is 0 Å². The van der Waals surface area contributed by atoms with Crippen molar-refractivity contribution in [2.75, 3.05) is 0 Å². The molecule has 0 aliphatic carbocycles. The van der Waals surface area contributed by atoms with Gasteiger partial charge in [0.25, 0.3) is 0 Å². The van der Waals surface area contributed by atoms with Gasteiger partial charge >= 0.3 is 0 Å². The van der Waals surface area contributed by atoms with Crippen LogP contribution in [-0.4, -0.2) is 5.48 Å². The van der Waals surface area contributed by atoms with Crippen molar-refractivity contribution in [3.05, 3.63) is 29.8 Å². The number of hydrogen-bond acceptors (Lipinski definition) is 2. The Labute approximate surface area is 139 Å². The fourth-order valence-corrected chi connectivity index (χ4v) is 1.36. The van der Waals surface area contributed by atoms with Crippen LogP contribution in [0.4, 0.5) is 0 Å². The molecule has 0 saturated heterocycles. The van der Waals surface area contributed by atoms with Crippen LogP contribution in [0.1, 0.15) is 12.5 Å². The van der Waals surface area contributed by atoms with Crippen LogP contribution < -0.4 is 0 Å². The maximum atomic E-state index is 4.81. The molecule has 1 aromatic carbocycles. The molecule has 0 saturated carbocycles. The quantitative estimate of drug-likeness (QED) is 0.593. The van der Waals surface area contributed by atoms with Gasteiger partial charge in [0.2, 0.25) is 0 Å². The molecule has 0 aliphatic rings. The molecule has 0 aromatic heterocycles. The topological polar surface area (TPSA) is 31.5 Å². The van der Waals surface area contributed by atoms with Gasteiger partial charge in [-0.15, -0.1) is 0 Å². The van der Waals surface area contributed by atoms with Crippen LogP contribution in [-0.2, 0) is 83.5 Å². The van der Waals surface area contributed by atoms with E-state index < -0.39 is 0 Å². The van der Waals surface area contributed by atoms with Crippen LogP contribution in [0.2, 0.25) is 0 Å². The van der Waals surface area contributed by atoms with Gasteiger partial charge < -0.3 is 17.1 Å². The molecular formula is C8H11OS2Y2-. The van der Waals surface area contributed by atoms with E-state index in [1.165, 1.54) is 16.4 Å². The third-order valence-electron chi connectivity index (χ3n) is 1.43. The van der Waals surface area contributed by atoms with Crippen LogP contribution in [0.5, 0.6) is 0 Å². The van der Waals surface area contributed by atoms with E-state index >= 15 is 0 Å². The predicted molar refractivity (Wildman–Crippen MR) is 52.7 cm³/mol. The van der Waals surface area contributed by atoms with Gasteiger partial charge in [0, 0.05) is 65.4 Å². The summed E-state index contributed by atoms with van der Waals surface area (Å²) in [4.78, 5) is 1.16. The number of aryl methyl sites for hydroxylation is 1. The second-order valence-electron chi connectivity index (χ2n) is 2.08.